The Morgan fingerprint density at radius 2 is 1.92 bits per heavy atom. The molecule has 26 heavy (non-hydrogen) atoms. The van der Waals surface area contributed by atoms with E-state index in [0.29, 0.717) is 10.5 Å². The fourth-order valence-corrected chi connectivity index (χ4v) is 3.69. The SMILES string of the molecule is Cc1csc2nc(NC(=O)c3ccc4c(c3)C(=O)N(C(C)C)C4=O)nn12. The fraction of sp³-hybridized carbons (Fsp3) is 0.235. The predicted octanol–water partition coefficient (Wildman–Crippen LogP) is 2.36. The minimum atomic E-state index is -0.438. The van der Waals surface area contributed by atoms with E-state index in [2.05, 4.69) is 15.4 Å². The molecule has 0 saturated heterocycles. The average molecular weight is 369 g/mol. The lowest BCUT2D eigenvalue weighted by atomic mass is 10.1. The van der Waals surface area contributed by atoms with Crippen LogP contribution in [0.15, 0.2) is 23.6 Å². The summed E-state index contributed by atoms with van der Waals surface area (Å²) in [4.78, 5) is 43.4. The van der Waals surface area contributed by atoms with Crippen LogP contribution in [0, 0.1) is 6.92 Å². The number of nitrogens with one attached hydrogen (secondary N) is 1. The van der Waals surface area contributed by atoms with Gasteiger partial charge in [0.1, 0.15) is 0 Å². The van der Waals surface area contributed by atoms with Crippen molar-refractivity contribution < 1.29 is 14.4 Å². The van der Waals surface area contributed by atoms with Gasteiger partial charge in [0.2, 0.25) is 4.96 Å². The van der Waals surface area contributed by atoms with E-state index in [0.717, 1.165) is 5.69 Å². The smallest absolute Gasteiger partial charge is 0.261 e. The second-order valence-corrected chi connectivity index (χ2v) is 7.13. The molecule has 0 aliphatic carbocycles. The number of nitrogens with zero attached hydrogens (tertiary/aromatic N) is 4. The zero-order valence-corrected chi connectivity index (χ0v) is 15.1. The monoisotopic (exact) mass is 369 g/mol. The highest BCUT2D eigenvalue weighted by molar-refractivity contribution is 7.15. The zero-order valence-electron chi connectivity index (χ0n) is 14.3. The molecule has 0 spiro atoms. The van der Waals surface area contributed by atoms with Gasteiger partial charge in [-0.05, 0) is 39.0 Å². The molecule has 1 N–H and O–H groups in total. The van der Waals surface area contributed by atoms with Crippen molar-refractivity contribution >= 4 is 40.0 Å². The van der Waals surface area contributed by atoms with E-state index >= 15 is 0 Å². The number of thiazole rings is 1. The molecule has 3 heterocycles. The lowest BCUT2D eigenvalue weighted by Crippen LogP contribution is -2.35. The van der Waals surface area contributed by atoms with Gasteiger partial charge in [-0.2, -0.15) is 4.98 Å². The van der Waals surface area contributed by atoms with Crippen LogP contribution in [0.25, 0.3) is 4.96 Å². The second-order valence-electron chi connectivity index (χ2n) is 6.30. The van der Waals surface area contributed by atoms with Gasteiger partial charge in [0.15, 0.2) is 0 Å². The fourth-order valence-electron chi connectivity index (χ4n) is 2.89. The third-order valence-electron chi connectivity index (χ3n) is 4.17. The lowest BCUT2D eigenvalue weighted by molar-refractivity contribution is 0.0609. The molecule has 1 aliphatic heterocycles. The quantitative estimate of drug-likeness (QED) is 0.715. The van der Waals surface area contributed by atoms with Crippen LogP contribution in [-0.4, -0.2) is 43.3 Å². The second kappa shape index (κ2) is 5.73. The van der Waals surface area contributed by atoms with Gasteiger partial charge in [-0.3, -0.25) is 24.6 Å². The highest BCUT2D eigenvalue weighted by atomic mass is 32.1. The van der Waals surface area contributed by atoms with Crippen molar-refractivity contribution in [1.29, 1.82) is 0 Å². The molecule has 0 bridgehead atoms. The average Bonchev–Trinajstić information content (AvgIpc) is 3.22. The van der Waals surface area contributed by atoms with Crippen molar-refractivity contribution in [2.24, 2.45) is 0 Å². The number of amides is 3. The normalized spacial score (nSPS) is 13.8. The van der Waals surface area contributed by atoms with E-state index in [1.54, 1.807) is 18.4 Å². The molecular formula is C17H15N5O3S. The number of hydrogen-bond donors (Lipinski definition) is 1. The molecule has 9 heteroatoms. The number of hydrogen-bond acceptors (Lipinski definition) is 6. The van der Waals surface area contributed by atoms with Crippen LogP contribution in [0.5, 0.6) is 0 Å². The molecule has 3 amide bonds. The van der Waals surface area contributed by atoms with Gasteiger partial charge in [0.25, 0.3) is 23.7 Å². The Hall–Kier alpha value is -3.07. The first-order valence-corrected chi connectivity index (χ1v) is 8.89. The van der Waals surface area contributed by atoms with Crippen molar-refractivity contribution in [1.82, 2.24) is 19.5 Å². The third kappa shape index (κ3) is 2.39. The summed E-state index contributed by atoms with van der Waals surface area (Å²) in [6.45, 7) is 5.44. The van der Waals surface area contributed by atoms with Crippen molar-refractivity contribution in [3.63, 3.8) is 0 Å². The zero-order chi connectivity index (χ0) is 18.6. The molecule has 0 radical (unpaired) electrons. The summed E-state index contributed by atoms with van der Waals surface area (Å²) >= 11 is 1.43. The van der Waals surface area contributed by atoms with Crippen LogP contribution >= 0.6 is 11.3 Å². The Labute approximate surface area is 152 Å². The number of rotatable bonds is 3. The van der Waals surface area contributed by atoms with Crippen molar-refractivity contribution in [3.05, 3.63) is 46.0 Å². The number of aromatic nitrogens is 3. The number of aryl methyl sites for hydroxylation is 1. The Morgan fingerprint density at radius 3 is 2.62 bits per heavy atom. The first-order chi connectivity index (χ1) is 12.4. The molecular weight excluding hydrogens is 354 g/mol. The van der Waals surface area contributed by atoms with Gasteiger partial charge in [-0.15, -0.1) is 16.4 Å². The first kappa shape index (κ1) is 16.4. The summed E-state index contributed by atoms with van der Waals surface area (Å²) in [7, 11) is 0. The van der Waals surface area contributed by atoms with Gasteiger partial charge < -0.3 is 0 Å². The number of benzene rings is 1. The molecule has 4 rings (SSSR count). The maximum absolute atomic E-state index is 12.5. The molecule has 0 fully saturated rings. The third-order valence-corrected chi connectivity index (χ3v) is 5.10. The Morgan fingerprint density at radius 1 is 1.19 bits per heavy atom. The van der Waals surface area contributed by atoms with E-state index in [1.807, 2.05) is 12.3 Å². The first-order valence-electron chi connectivity index (χ1n) is 8.01. The number of imide groups is 1. The summed E-state index contributed by atoms with van der Waals surface area (Å²) < 4.78 is 1.64. The molecule has 0 saturated carbocycles. The van der Waals surface area contributed by atoms with Crippen molar-refractivity contribution in [3.8, 4) is 0 Å². The molecule has 1 aliphatic rings. The maximum atomic E-state index is 12.5. The van der Waals surface area contributed by atoms with E-state index in [-0.39, 0.29) is 34.9 Å². The molecule has 1 aromatic carbocycles. The van der Waals surface area contributed by atoms with Crippen LogP contribution in [0.2, 0.25) is 0 Å². The van der Waals surface area contributed by atoms with Gasteiger partial charge >= 0.3 is 0 Å². The standard InChI is InChI=1S/C17H15N5O3S/c1-8(2)21-14(24)11-5-4-10(6-12(11)15(21)25)13(23)18-16-19-17-22(20-16)9(3)7-26-17/h4-8H,1-3H3,(H,18,20,23). The van der Waals surface area contributed by atoms with Crippen LogP contribution < -0.4 is 5.32 Å². The lowest BCUT2D eigenvalue weighted by Gasteiger charge is -2.17. The predicted molar refractivity (Wildman–Crippen MR) is 95.6 cm³/mol. The topological polar surface area (TPSA) is 96.7 Å². The van der Waals surface area contributed by atoms with E-state index in [1.165, 1.54) is 34.4 Å². The Balaban J connectivity index is 1.62. The van der Waals surface area contributed by atoms with Gasteiger partial charge in [0, 0.05) is 17.0 Å². The molecule has 3 aromatic rings. The number of fused-ring (bicyclic) bond motifs is 2. The molecule has 2 aromatic heterocycles. The van der Waals surface area contributed by atoms with Crippen LogP contribution in [-0.2, 0) is 0 Å². The van der Waals surface area contributed by atoms with Gasteiger partial charge in [-0.1, -0.05) is 0 Å². The van der Waals surface area contributed by atoms with Crippen LogP contribution in [0.4, 0.5) is 5.95 Å². The Kier molecular flexibility index (Phi) is 3.62. The molecule has 0 unspecified atom stereocenters. The largest absolute Gasteiger partial charge is 0.289 e. The van der Waals surface area contributed by atoms with E-state index in [9.17, 15) is 14.4 Å². The summed E-state index contributed by atoms with van der Waals surface area (Å²) in [5.74, 6) is -0.965. The summed E-state index contributed by atoms with van der Waals surface area (Å²) in [5.41, 5.74) is 1.75. The number of carbonyl (C=O) groups excluding carboxylic acids is 3. The summed E-state index contributed by atoms with van der Waals surface area (Å²) in [6.07, 6.45) is 0. The Bertz CT molecular complexity index is 1080. The van der Waals surface area contributed by atoms with Crippen LogP contribution in [0.3, 0.4) is 0 Å². The highest BCUT2D eigenvalue weighted by Crippen LogP contribution is 2.26. The molecule has 0 atom stereocenters. The number of carbonyl (C=O) groups is 3. The van der Waals surface area contributed by atoms with Gasteiger partial charge in [0.05, 0.1) is 16.8 Å². The molecule has 132 valence electrons. The summed E-state index contributed by atoms with van der Waals surface area (Å²) in [5, 5.41) is 8.78. The minimum absolute atomic E-state index is 0.191. The van der Waals surface area contributed by atoms with Crippen LogP contribution in [0.1, 0.15) is 50.6 Å². The van der Waals surface area contributed by atoms with E-state index < -0.39 is 5.91 Å². The number of anilines is 1. The molecule has 8 nitrogen and oxygen atoms in total. The maximum Gasteiger partial charge on any atom is 0.261 e. The highest BCUT2D eigenvalue weighted by Gasteiger charge is 2.37. The van der Waals surface area contributed by atoms with E-state index in [4.69, 9.17) is 0 Å². The van der Waals surface area contributed by atoms with Gasteiger partial charge in [-0.25, -0.2) is 4.52 Å². The van der Waals surface area contributed by atoms with Crippen molar-refractivity contribution in [2.45, 2.75) is 26.8 Å². The minimum Gasteiger partial charge on any atom is -0.289 e. The summed E-state index contributed by atoms with van der Waals surface area (Å²) in [6, 6.07) is 4.23. The van der Waals surface area contributed by atoms with Crippen molar-refractivity contribution in [2.75, 3.05) is 5.32 Å².